The van der Waals surface area contributed by atoms with Gasteiger partial charge in [-0.15, -0.1) is 0 Å². The lowest BCUT2D eigenvalue weighted by molar-refractivity contribution is -0.310. The van der Waals surface area contributed by atoms with E-state index in [0.29, 0.717) is 30.6 Å². The van der Waals surface area contributed by atoms with Crippen molar-refractivity contribution in [2.24, 2.45) is 34.0 Å². The molecule has 1 spiro atoms. The molecule has 35 heavy (non-hydrogen) atoms. The van der Waals surface area contributed by atoms with Crippen molar-refractivity contribution in [3.8, 4) is 0 Å². The van der Waals surface area contributed by atoms with E-state index >= 15 is 0 Å². The number of rotatable bonds is 4. The molecule has 0 amide bonds. The Labute approximate surface area is 207 Å². The summed E-state index contributed by atoms with van der Waals surface area (Å²) in [6.45, 7) is 9.13. The molecule has 8 nitrogen and oxygen atoms in total. The highest BCUT2D eigenvalue weighted by Crippen LogP contribution is 2.69. The van der Waals surface area contributed by atoms with E-state index in [-0.39, 0.29) is 28.1 Å². The fourth-order valence-electron chi connectivity index (χ4n) is 8.91. The molecule has 11 atom stereocenters. The third kappa shape index (κ3) is 3.99. The monoisotopic (exact) mass is 494 g/mol. The van der Waals surface area contributed by atoms with Gasteiger partial charge in [0.2, 0.25) is 0 Å². The molecule has 198 valence electrons. The summed E-state index contributed by atoms with van der Waals surface area (Å²) >= 11 is 0. The number of esters is 1. The van der Waals surface area contributed by atoms with Crippen molar-refractivity contribution in [1.29, 1.82) is 0 Å². The Bertz CT molecular complexity index is 845. The van der Waals surface area contributed by atoms with E-state index in [1.807, 2.05) is 0 Å². The first-order chi connectivity index (χ1) is 16.5. The molecule has 4 N–H and O–H groups in total. The van der Waals surface area contributed by atoms with Crippen molar-refractivity contribution >= 4 is 5.97 Å². The molecule has 3 saturated carbocycles. The number of hydrogen-bond donors (Lipinski definition) is 4. The minimum Gasteiger partial charge on any atom is -0.462 e. The van der Waals surface area contributed by atoms with Crippen LogP contribution in [-0.4, -0.2) is 76.9 Å². The molecule has 5 fully saturated rings. The number of hydrogen-bond acceptors (Lipinski definition) is 8. The average Bonchev–Trinajstić information content (AvgIpc) is 2.92. The number of fused-ring (bicyclic) bond motifs is 3. The molecule has 5 aliphatic rings. The summed E-state index contributed by atoms with van der Waals surface area (Å²) in [5.41, 5.74) is 0.608. The Morgan fingerprint density at radius 3 is 2.54 bits per heavy atom. The topological polar surface area (TPSA) is 126 Å². The van der Waals surface area contributed by atoms with E-state index in [9.17, 15) is 25.2 Å². The maximum absolute atomic E-state index is 12.4. The second-order valence-electron chi connectivity index (χ2n) is 12.6. The Kier molecular flexibility index (Phi) is 6.63. The molecule has 2 bridgehead atoms. The van der Waals surface area contributed by atoms with E-state index in [1.165, 1.54) is 0 Å². The summed E-state index contributed by atoms with van der Waals surface area (Å²) in [6, 6.07) is 0. The summed E-state index contributed by atoms with van der Waals surface area (Å²) in [6.07, 6.45) is 2.02. The Morgan fingerprint density at radius 1 is 1.03 bits per heavy atom. The second kappa shape index (κ2) is 9.07. The maximum atomic E-state index is 12.4. The molecule has 0 aromatic heterocycles. The largest absolute Gasteiger partial charge is 0.462 e. The van der Waals surface area contributed by atoms with Crippen LogP contribution in [-0.2, 0) is 19.0 Å². The predicted octanol–water partition coefficient (Wildman–Crippen LogP) is 1.93. The van der Waals surface area contributed by atoms with Gasteiger partial charge in [0.25, 0.3) is 0 Å². The first kappa shape index (κ1) is 25.6. The van der Waals surface area contributed by atoms with E-state index in [0.717, 1.165) is 51.4 Å². The summed E-state index contributed by atoms with van der Waals surface area (Å²) in [5, 5.41) is 40.2. The van der Waals surface area contributed by atoms with Crippen LogP contribution in [0.1, 0.15) is 65.2 Å². The van der Waals surface area contributed by atoms with Crippen LogP contribution in [0.4, 0.5) is 0 Å². The molecular formula is C27H42O8. The Balaban J connectivity index is 1.34. The van der Waals surface area contributed by atoms with Gasteiger partial charge in [-0.05, 0) is 73.5 Å². The molecule has 0 aromatic carbocycles. The SMILES string of the molecule is C=C1C(=O)OC[C@@]23CC[C@@H]4[C@@](C)(CO[C@@H]5O[C@H](CO)[C@@H](O)[C@H](O)[C@H]5O)CCC[C@@]4(C)[C@@H]2CC[C@@H]1C3. The molecule has 0 aromatic rings. The highest BCUT2D eigenvalue weighted by Gasteiger charge is 2.63. The van der Waals surface area contributed by atoms with Gasteiger partial charge in [-0.3, -0.25) is 0 Å². The van der Waals surface area contributed by atoms with Crippen molar-refractivity contribution < 1.29 is 39.4 Å². The molecule has 0 unspecified atom stereocenters. The number of carbonyl (C=O) groups excluding carboxylic acids is 1. The molecule has 2 saturated heterocycles. The van der Waals surface area contributed by atoms with Crippen LogP contribution < -0.4 is 0 Å². The van der Waals surface area contributed by atoms with Crippen LogP contribution in [0, 0.1) is 34.0 Å². The molecule has 5 rings (SSSR count). The second-order valence-corrected chi connectivity index (χ2v) is 12.6. The van der Waals surface area contributed by atoms with Crippen molar-refractivity contribution in [3.05, 3.63) is 12.2 Å². The van der Waals surface area contributed by atoms with Gasteiger partial charge in [-0.2, -0.15) is 0 Å². The standard InChI is InChI=1S/C27H42O8/c1-15-16-5-6-19-26(3)9-4-8-25(2,18(26)7-10-27(19,11-16)14-33-23(15)32)13-34-24-22(31)21(30)20(29)17(12-28)35-24/h16-22,24,28-31H,1,4-14H2,2-3H3/t16-,17-,18-,19+,20-,21+,22-,24-,25-,26-,27+/m1/s1. The maximum Gasteiger partial charge on any atom is 0.333 e. The number of aliphatic hydroxyl groups excluding tert-OH is 4. The Hall–Kier alpha value is -1.03. The molecule has 3 aliphatic carbocycles. The predicted molar refractivity (Wildman–Crippen MR) is 126 cm³/mol. The van der Waals surface area contributed by atoms with Crippen LogP contribution >= 0.6 is 0 Å². The van der Waals surface area contributed by atoms with Gasteiger partial charge in [0, 0.05) is 11.0 Å². The minimum absolute atomic E-state index is 0.0135. The van der Waals surface area contributed by atoms with Gasteiger partial charge in [0.05, 0.1) is 19.8 Å². The Morgan fingerprint density at radius 2 is 1.80 bits per heavy atom. The van der Waals surface area contributed by atoms with Gasteiger partial charge in [-0.1, -0.05) is 26.8 Å². The van der Waals surface area contributed by atoms with E-state index in [2.05, 4.69) is 20.4 Å². The normalized spacial score (nSPS) is 52.2. The molecule has 2 aliphatic heterocycles. The van der Waals surface area contributed by atoms with Gasteiger partial charge in [-0.25, -0.2) is 4.79 Å². The number of cyclic esters (lactones) is 1. The summed E-state index contributed by atoms with van der Waals surface area (Å²) in [5.74, 6) is 0.880. The van der Waals surface area contributed by atoms with Gasteiger partial charge < -0.3 is 34.6 Å². The quantitative estimate of drug-likeness (QED) is 0.345. The van der Waals surface area contributed by atoms with E-state index in [4.69, 9.17) is 14.2 Å². The van der Waals surface area contributed by atoms with Gasteiger partial charge in [0.1, 0.15) is 24.4 Å². The number of aliphatic hydroxyl groups is 4. The lowest BCUT2D eigenvalue weighted by Crippen LogP contribution is -2.61. The zero-order chi connectivity index (χ0) is 25.2. The molecule has 0 radical (unpaired) electrons. The first-order valence-electron chi connectivity index (χ1n) is 13.3. The van der Waals surface area contributed by atoms with Gasteiger partial charge >= 0.3 is 5.97 Å². The molecular weight excluding hydrogens is 452 g/mol. The summed E-state index contributed by atoms with van der Waals surface area (Å²) in [7, 11) is 0. The summed E-state index contributed by atoms with van der Waals surface area (Å²) < 4.78 is 17.5. The third-order valence-electron chi connectivity index (χ3n) is 10.7. The van der Waals surface area contributed by atoms with Crippen molar-refractivity contribution in [2.45, 2.75) is 95.9 Å². The lowest BCUT2D eigenvalue weighted by Gasteiger charge is -2.65. The highest BCUT2D eigenvalue weighted by atomic mass is 16.7. The van der Waals surface area contributed by atoms with Crippen LogP contribution in [0.2, 0.25) is 0 Å². The van der Waals surface area contributed by atoms with E-state index < -0.39 is 37.3 Å². The van der Waals surface area contributed by atoms with Crippen LogP contribution in [0.3, 0.4) is 0 Å². The zero-order valence-electron chi connectivity index (χ0n) is 21.0. The molecule has 2 heterocycles. The van der Waals surface area contributed by atoms with E-state index in [1.54, 1.807) is 0 Å². The van der Waals surface area contributed by atoms with Crippen LogP contribution in [0.25, 0.3) is 0 Å². The highest BCUT2D eigenvalue weighted by molar-refractivity contribution is 5.88. The van der Waals surface area contributed by atoms with Crippen LogP contribution in [0.5, 0.6) is 0 Å². The average molecular weight is 495 g/mol. The van der Waals surface area contributed by atoms with Crippen molar-refractivity contribution in [2.75, 3.05) is 19.8 Å². The van der Waals surface area contributed by atoms with Crippen molar-refractivity contribution in [1.82, 2.24) is 0 Å². The van der Waals surface area contributed by atoms with Crippen LogP contribution in [0.15, 0.2) is 12.2 Å². The number of ether oxygens (including phenoxy) is 3. The summed E-state index contributed by atoms with van der Waals surface area (Å²) in [4.78, 5) is 12.4. The lowest BCUT2D eigenvalue weighted by atomic mass is 9.40. The minimum atomic E-state index is -1.44. The smallest absolute Gasteiger partial charge is 0.333 e. The molecule has 8 heteroatoms. The zero-order valence-corrected chi connectivity index (χ0v) is 21.0. The fraction of sp³-hybridized carbons (Fsp3) is 0.889. The first-order valence-corrected chi connectivity index (χ1v) is 13.3. The van der Waals surface area contributed by atoms with Crippen molar-refractivity contribution in [3.63, 3.8) is 0 Å². The number of carbonyl (C=O) groups is 1. The fourth-order valence-corrected chi connectivity index (χ4v) is 8.91. The van der Waals surface area contributed by atoms with Gasteiger partial charge in [0.15, 0.2) is 6.29 Å². The third-order valence-corrected chi connectivity index (χ3v) is 10.7.